The molecule has 2 fully saturated rings. The van der Waals surface area contributed by atoms with E-state index in [4.69, 9.17) is 0 Å². The van der Waals surface area contributed by atoms with Gasteiger partial charge in [-0.15, -0.1) is 0 Å². The second kappa shape index (κ2) is 6.46. The first-order valence-corrected chi connectivity index (χ1v) is 8.50. The smallest absolute Gasteiger partial charge is 0.241 e. The molecule has 0 aromatic carbocycles. The molecular weight excluding hydrogens is 248 g/mol. The highest BCUT2D eigenvalue weighted by Crippen LogP contribution is 2.31. The highest BCUT2D eigenvalue weighted by molar-refractivity contribution is 5.85. The van der Waals surface area contributed by atoms with E-state index in [1.54, 1.807) is 0 Å². The lowest BCUT2D eigenvalue weighted by Gasteiger charge is -2.34. The molecular formula is C17H32N2O. The first-order valence-electron chi connectivity index (χ1n) is 8.50. The van der Waals surface area contributed by atoms with E-state index in [1.807, 2.05) is 0 Å². The molecule has 3 heteroatoms. The monoisotopic (exact) mass is 280 g/mol. The molecule has 1 amide bonds. The summed E-state index contributed by atoms with van der Waals surface area (Å²) in [6.07, 6.45) is 6.46. The van der Waals surface area contributed by atoms with Crippen LogP contribution in [0.1, 0.15) is 66.7 Å². The molecule has 1 saturated carbocycles. The van der Waals surface area contributed by atoms with Gasteiger partial charge < -0.3 is 4.90 Å². The van der Waals surface area contributed by atoms with Crippen LogP contribution in [0.3, 0.4) is 0 Å². The van der Waals surface area contributed by atoms with Gasteiger partial charge in [-0.25, -0.2) is 0 Å². The minimum atomic E-state index is 0.0167. The second-order valence-corrected chi connectivity index (χ2v) is 7.59. The van der Waals surface area contributed by atoms with E-state index >= 15 is 0 Å². The average Bonchev–Trinajstić information content (AvgIpc) is 2.57. The molecule has 0 radical (unpaired) electrons. The Hall–Kier alpha value is -0.570. The number of hydrogen-bond donors (Lipinski definition) is 1. The van der Waals surface area contributed by atoms with Crippen LogP contribution in [0.15, 0.2) is 0 Å². The molecule has 1 N–H and O–H groups in total. The van der Waals surface area contributed by atoms with Crippen LogP contribution in [-0.4, -0.2) is 29.1 Å². The van der Waals surface area contributed by atoms with Crippen molar-refractivity contribution in [1.82, 2.24) is 10.2 Å². The van der Waals surface area contributed by atoms with Crippen molar-refractivity contribution in [2.24, 2.45) is 17.8 Å². The molecule has 4 atom stereocenters. The van der Waals surface area contributed by atoms with Gasteiger partial charge in [0.15, 0.2) is 0 Å². The third kappa shape index (κ3) is 3.19. The SMILES string of the molecule is CC1CCCC(N2C(=O)C(C(C)C)NC2C(C)C)CC1. The van der Waals surface area contributed by atoms with Crippen LogP contribution in [0.2, 0.25) is 0 Å². The molecule has 4 unspecified atom stereocenters. The molecule has 2 aliphatic rings. The second-order valence-electron chi connectivity index (χ2n) is 7.59. The van der Waals surface area contributed by atoms with Gasteiger partial charge in [-0.2, -0.15) is 0 Å². The van der Waals surface area contributed by atoms with Gasteiger partial charge in [-0.3, -0.25) is 10.1 Å². The normalized spacial score (nSPS) is 36.0. The van der Waals surface area contributed by atoms with Gasteiger partial charge in [0.05, 0.1) is 12.2 Å². The van der Waals surface area contributed by atoms with E-state index in [2.05, 4.69) is 44.8 Å². The van der Waals surface area contributed by atoms with Crippen LogP contribution >= 0.6 is 0 Å². The first-order chi connectivity index (χ1) is 9.41. The van der Waals surface area contributed by atoms with Gasteiger partial charge in [0.1, 0.15) is 0 Å². The average molecular weight is 280 g/mol. The number of hydrogen-bond acceptors (Lipinski definition) is 2. The highest BCUT2D eigenvalue weighted by Gasteiger charge is 2.44. The molecule has 0 bridgehead atoms. The Kier molecular flexibility index (Phi) is 5.11. The van der Waals surface area contributed by atoms with Gasteiger partial charge in [-0.05, 0) is 37.0 Å². The molecule has 20 heavy (non-hydrogen) atoms. The predicted molar refractivity (Wildman–Crippen MR) is 83.3 cm³/mol. The maximum Gasteiger partial charge on any atom is 0.241 e. The predicted octanol–water partition coefficient (Wildman–Crippen LogP) is 3.39. The van der Waals surface area contributed by atoms with E-state index in [0.29, 0.717) is 23.8 Å². The van der Waals surface area contributed by atoms with Gasteiger partial charge in [0.25, 0.3) is 0 Å². The van der Waals surface area contributed by atoms with Gasteiger partial charge in [0, 0.05) is 6.04 Å². The van der Waals surface area contributed by atoms with Crippen LogP contribution in [0.25, 0.3) is 0 Å². The maximum absolute atomic E-state index is 12.8. The third-order valence-electron chi connectivity index (χ3n) is 5.09. The third-order valence-corrected chi connectivity index (χ3v) is 5.09. The van der Waals surface area contributed by atoms with Crippen molar-refractivity contribution in [2.45, 2.75) is 85.0 Å². The Morgan fingerprint density at radius 3 is 2.35 bits per heavy atom. The number of nitrogens with zero attached hydrogens (tertiary/aromatic N) is 1. The minimum Gasteiger partial charge on any atom is -0.323 e. The lowest BCUT2D eigenvalue weighted by atomic mass is 10.0. The summed E-state index contributed by atoms with van der Waals surface area (Å²) in [5.41, 5.74) is 0. The molecule has 3 nitrogen and oxygen atoms in total. The number of nitrogens with one attached hydrogen (secondary N) is 1. The maximum atomic E-state index is 12.8. The van der Waals surface area contributed by atoms with Crippen molar-refractivity contribution in [3.05, 3.63) is 0 Å². The summed E-state index contributed by atoms with van der Waals surface area (Å²) < 4.78 is 0. The van der Waals surface area contributed by atoms with E-state index in [9.17, 15) is 4.79 Å². The van der Waals surface area contributed by atoms with Crippen molar-refractivity contribution in [3.63, 3.8) is 0 Å². The summed E-state index contributed by atoms with van der Waals surface area (Å²) in [6, 6.07) is 0.471. The topological polar surface area (TPSA) is 32.3 Å². The molecule has 0 aromatic rings. The van der Waals surface area contributed by atoms with Crippen molar-refractivity contribution >= 4 is 5.91 Å². The van der Waals surface area contributed by atoms with Crippen molar-refractivity contribution in [2.75, 3.05) is 0 Å². The standard InChI is InChI=1S/C17H32N2O/c1-11(2)15-17(20)19(16(18-15)12(3)4)14-8-6-7-13(5)9-10-14/h11-16,18H,6-10H2,1-5H3. The molecule has 1 aliphatic carbocycles. The largest absolute Gasteiger partial charge is 0.323 e. The number of rotatable bonds is 3. The van der Waals surface area contributed by atoms with E-state index in [-0.39, 0.29) is 12.2 Å². The number of amides is 1. The zero-order valence-corrected chi connectivity index (χ0v) is 13.9. The van der Waals surface area contributed by atoms with Gasteiger partial charge in [-0.1, -0.05) is 47.5 Å². The Morgan fingerprint density at radius 2 is 1.75 bits per heavy atom. The molecule has 116 valence electrons. The van der Waals surface area contributed by atoms with Crippen LogP contribution in [-0.2, 0) is 4.79 Å². The summed E-state index contributed by atoms with van der Waals surface area (Å²) in [5.74, 6) is 2.02. The number of carbonyl (C=O) groups excluding carboxylic acids is 1. The fourth-order valence-electron chi connectivity index (χ4n) is 3.78. The summed E-state index contributed by atoms with van der Waals surface area (Å²) in [5, 5.41) is 3.59. The van der Waals surface area contributed by atoms with Crippen LogP contribution in [0, 0.1) is 17.8 Å². The first kappa shape index (κ1) is 15.8. The highest BCUT2D eigenvalue weighted by atomic mass is 16.2. The Morgan fingerprint density at radius 1 is 1.05 bits per heavy atom. The van der Waals surface area contributed by atoms with Crippen molar-refractivity contribution < 1.29 is 4.79 Å². The van der Waals surface area contributed by atoms with E-state index < -0.39 is 0 Å². The van der Waals surface area contributed by atoms with Gasteiger partial charge in [0.2, 0.25) is 5.91 Å². The molecule has 0 aromatic heterocycles. The van der Waals surface area contributed by atoms with E-state index in [0.717, 1.165) is 5.92 Å². The molecule has 2 rings (SSSR count). The van der Waals surface area contributed by atoms with Crippen molar-refractivity contribution in [1.29, 1.82) is 0 Å². The van der Waals surface area contributed by atoms with Crippen LogP contribution < -0.4 is 5.32 Å². The van der Waals surface area contributed by atoms with Gasteiger partial charge >= 0.3 is 0 Å². The summed E-state index contributed by atoms with van der Waals surface area (Å²) >= 11 is 0. The molecule has 1 aliphatic heterocycles. The minimum absolute atomic E-state index is 0.0167. The zero-order valence-electron chi connectivity index (χ0n) is 13.9. The fraction of sp³-hybridized carbons (Fsp3) is 0.941. The summed E-state index contributed by atoms with van der Waals surface area (Å²) in [7, 11) is 0. The molecule has 1 heterocycles. The summed E-state index contributed by atoms with van der Waals surface area (Å²) in [6.45, 7) is 11.1. The zero-order chi connectivity index (χ0) is 14.9. The van der Waals surface area contributed by atoms with Crippen molar-refractivity contribution in [3.8, 4) is 0 Å². The lowest BCUT2D eigenvalue weighted by Crippen LogP contribution is -2.47. The molecule has 0 spiro atoms. The summed E-state index contributed by atoms with van der Waals surface area (Å²) in [4.78, 5) is 15.0. The van der Waals surface area contributed by atoms with Crippen LogP contribution in [0.5, 0.6) is 0 Å². The molecule has 1 saturated heterocycles. The number of carbonyl (C=O) groups is 1. The Labute approximate surface area is 124 Å². The van der Waals surface area contributed by atoms with Crippen LogP contribution in [0.4, 0.5) is 0 Å². The lowest BCUT2D eigenvalue weighted by molar-refractivity contribution is -0.133. The Bertz CT molecular complexity index is 340. The van der Waals surface area contributed by atoms with E-state index in [1.165, 1.54) is 32.1 Å². The quantitative estimate of drug-likeness (QED) is 0.804. The Balaban J connectivity index is 2.15. The fourth-order valence-corrected chi connectivity index (χ4v) is 3.78.